The second kappa shape index (κ2) is 5.39. The molecular weight excluding hydrogens is 264 g/mol. The highest BCUT2D eigenvalue weighted by atomic mass is 16.2. The van der Waals surface area contributed by atoms with E-state index in [0.717, 1.165) is 31.5 Å². The largest absolute Gasteiger partial charge is 0.333 e. The van der Waals surface area contributed by atoms with Crippen LogP contribution in [0.3, 0.4) is 0 Å². The van der Waals surface area contributed by atoms with Crippen LogP contribution in [0.5, 0.6) is 0 Å². The molecular formula is C16H22N4O. The lowest BCUT2D eigenvalue weighted by Gasteiger charge is -2.28. The Morgan fingerprint density at radius 3 is 3.00 bits per heavy atom. The summed E-state index contributed by atoms with van der Waals surface area (Å²) >= 11 is 0. The molecule has 0 aromatic carbocycles. The molecule has 3 fully saturated rings. The van der Waals surface area contributed by atoms with E-state index in [9.17, 15) is 4.79 Å². The van der Waals surface area contributed by atoms with Crippen LogP contribution in [0.25, 0.3) is 0 Å². The Labute approximate surface area is 125 Å². The monoisotopic (exact) mass is 286 g/mol. The molecule has 112 valence electrons. The van der Waals surface area contributed by atoms with Crippen molar-refractivity contribution in [1.29, 1.82) is 0 Å². The number of carbonyl (C=O) groups is 1. The number of pyridine rings is 1. The molecule has 3 aliphatic rings. The number of fused-ring (bicyclic) bond motifs is 1. The van der Waals surface area contributed by atoms with E-state index in [1.165, 1.54) is 12.8 Å². The molecule has 4 unspecified atom stereocenters. The van der Waals surface area contributed by atoms with E-state index in [-0.39, 0.29) is 18.0 Å². The first-order valence-electron chi connectivity index (χ1n) is 8.07. The third-order valence-electron chi connectivity index (χ3n) is 5.25. The van der Waals surface area contributed by atoms with Crippen LogP contribution in [0.2, 0.25) is 0 Å². The summed E-state index contributed by atoms with van der Waals surface area (Å²) in [4.78, 5) is 19.5. The maximum Gasteiger partial charge on any atom is 0.241 e. The number of nitrogens with zero attached hydrogens (tertiary/aromatic N) is 2. The summed E-state index contributed by atoms with van der Waals surface area (Å²) in [5, 5.41) is 0. The van der Waals surface area contributed by atoms with Crippen LogP contribution in [0, 0.1) is 5.92 Å². The van der Waals surface area contributed by atoms with Gasteiger partial charge in [-0.15, -0.1) is 0 Å². The molecule has 4 rings (SSSR count). The SMILES string of the molecule is O=C(C1NNC2CCCC21)N1CCCC1c1ccccn1. The molecule has 0 bridgehead atoms. The molecule has 1 amide bonds. The van der Waals surface area contributed by atoms with E-state index < -0.39 is 0 Å². The van der Waals surface area contributed by atoms with Crippen molar-refractivity contribution in [3.63, 3.8) is 0 Å². The third-order valence-corrected chi connectivity index (χ3v) is 5.25. The Kier molecular flexibility index (Phi) is 3.39. The molecule has 5 heteroatoms. The quantitative estimate of drug-likeness (QED) is 0.862. The number of nitrogens with one attached hydrogen (secondary N) is 2. The lowest BCUT2D eigenvalue weighted by Crippen LogP contribution is -2.47. The van der Waals surface area contributed by atoms with Crippen molar-refractivity contribution in [1.82, 2.24) is 20.7 Å². The van der Waals surface area contributed by atoms with Crippen molar-refractivity contribution in [3.8, 4) is 0 Å². The molecule has 1 aromatic rings. The third kappa shape index (κ3) is 2.24. The molecule has 1 aliphatic carbocycles. The lowest BCUT2D eigenvalue weighted by molar-refractivity contribution is -0.135. The highest BCUT2D eigenvalue weighted by Gasteiger charge is 2.45. The predicted octanol–water partition coefficient (Wildman–Crippen LogP) is 1.39. The summed E-state index contributed by atoms with van der Waals surface area (Å²) in [6.45, 7) is 0.857. The van der Waals surface area contributed by atoms with Gasteiger partial charge in [-0.3, -0.25) is 15.2 Å². The average Bonchev–Trinajstić information content (AvgIpc) is 3.23. The van der Waals surface area contributed by atoms with Crippen LogP contribution in [-0.2, 0) is 4.79 Å². The Hall–Kier alpha value is -1.46. The maximum absolute atomic E-state index is 13.0. The van der Waals surface area contributed by atoms with E-state index >= 15 is 0 Å². The van der Waals surface area contributed by atoms with Gasteiger partial charge >= 0.3 is 0 Å². The number of hydrogen-bond acceptors (Lipinski definition) is 4. The Bertz CT molecular complexity index is 520. The van der Waals surface area contributed by atoms with Crippen molar-refractivity contribution in [2.24, 2.45) is 5.92 Å². The number of aromatic nitrogens is 1. The van der Waals surface area contributed by atoms with Gasteiger partial charge in [-0.25, -0.2) is 5.43 Å². The van der Waals surface area contributed by atoms with Crippen LogP contribution in [0.4, 0.5) is 0 Å². The average molecular weight is 286 g/mol. The summed E-state index contributed by atoms with van der Waals surface area (Å²) in [6, 6.07) is 6.55. The highest BCUT2D eigenvalue weighted by molar-refractivity contribution is 5.83. The van der Waals surface area contributed by atoms with Crippen molar-refractivity contribution >= 4 is 5.91 Å². The normalized spacial score (nSPS) is 35.1. The molecule has 1 aromatic heterocycles. The van der Waals surface area contributed by atoms with Crippen LogP contribution in [-0.4, -0.2) is 34.4 Å². The lowest BCUT2D eigenvalue weighted by atomic mass is 9.96. The van der Waals surface area contributed by atoms with Gasteiger partial charge in [0.2, 0.25) is 5.91 Å². The van der Waals surface area contributed by atoms with Crippen LogP contribution in [0.15, 0.2) is 24.4 Å². The van der Waals surface area contributed by atoms with E-state index in [1.54, 1.807) is 0 Å². The molecule has 2 saturated heterocycles. The van der Waals surface area contributed by atoms with Crippen molar-refractivity contribution in [2.75, 3.05) is 6.54 Å². The van der Waals surface area contributed by atoms with Gasteiger partial charge in [0.25, 0.3) is 0 Å². The molecule has 4 atom stereocenters. The van der Waals surface area contributed by atoms with Crippen molar-refractivity contribution < 1.29 is 4.79 Å². The zero-order chi connectivity index (χ0) is 14.2. The van der Waals surface area contributed by atoms with Gasteiger partial charge in [0.1, 0.15) is 6.04 Å². The summed E-state index contributed by atoms with van der Waals surface area (Å²) in [5.41, 5.74) is 7.59. The second-order valence-corrected chi connectivity index (χ2v) is 6.41. The fraction of sp³-hybridized carbons (Fsp3) is 0.625. The first kappa shape index (κ1) is 13.2. The summed E-state index contributed by atoms with van der Waals surface area (Å²) in [7, 11) is 0. The molecule has 0 spiro atoms. The highest BCUT2D eigenvalue weighted by Crippen LogP contribution is 2.36. The Balaban J connectivity index is 1.53. The fourth-order valence-corrected chi connectivity index (χ4v) is 4.21. The van der Waals surface area contributed by atoms with E-state index in [2.05, 4.69) is 15.8 Å². The second-order valence-electron chi connectivity index (χ2n) is 6.41. The molecule has 0 radical (unpaired) electrons. The molecule has 21 heavy (non-hydrogen) atoms. The zero-order valence-electron chi connectivity index (χ0n) is 12.2. The van der Waals surface area contributed by atoms with Gasteiger partial charge in [0.05, 0.1) is 11.7 Å². The van der Waals surface area contributed by atoms with Crippen molar-refractivity contribution in [2.45, 2.75) is 50.2 Å². The standard InChI is InChI=1S/C16H22N4O/c21-16(15-11-5-3-7-12(11)18-19-15)20-10-4-8-14(20)13-6-1-2-9-17-13/h1-2,6,9,11-12,14-15,18-19H,3-5,7-8,10H2. The molecule has 2 N–H and O–H groups in total. The van der Waals surface area contributed by atoms with Gasteiger partial charge in [-0.2, -0.15) is 0 Å². The smallest absolute Gasteiger partial charge is 0.241 e. The minimum Gasteiger partial charge on any atom is -0.333 e. The van der Waals surface area contributed by atoms with E-state index in [4.69, 9.17) is 0 Å². The number of rotatable bonds is 2. The molecule has 2 aliphatic heterocycles. The zero-order valence-corrected chi connectivity index (χ0v) is 12.2. The molecule has 5 nitrogen and oxygen atoms in total. The summed E-state index contributed by atoms with van der Waals surface area (Å²) in [6.07, 6.45) is 7.49. The van der Waals surface area contributed by atoms with E-state index in [1.807, 2.05) is 29.3 Å². The summed E-state index contributed by atoms with van der Waals surface area (Å²) < 4.78 is 0. The predicted molar refractivity (Wildman–Crippen MR) is 79.1 cm³/mol. The van der Waals surface area contributed by atoms with E-state index in [0.29, 0.717) is 12.0 Å². The maximum atomic E-state index is 13.0. The topological polar surface area (TPSA) is 57.3 Å². The first-order chi connectivity index (χ1) is 10.3. The summed E-state index contributed by atoms with van der Waals surface area (Å²) in [5.74, 6) is 0.715. The number of likely N-dealkylation sites (tertiary alicyclic amines) is 1. The van der Waals surface area contributed by atoms with Crippen LogP contribution < -0.4 is 10.9 Å². The number of hydrazine groups is 1. The molecule has 1 saturated carbocycles. The Morgan fingerprint density at radius 1 is 1.19 bits per heavy atom. The van der Waals surface area contributed by atoms with Crippen LogP contribution in [0.1, 0.15) is 43.8 Å². The van der Waals surface area contributed by atoms with Crippen molar-refractivity contribution in [3.05, 3.63) is 30.1 Å². The van der Waals surface area contributed by atoms with Gasteiger partial charge in [0, 0.05) is 24.7 Å². The number of amides is 1. The number of hydrogen-bond donors (Lipinski definition) is 2. The van der Waals surface area contributed by atoms with Gasteiger partial charge < -0.3 is 4.90 Å². The van der Waals surface area contributed by atoms with Gasteiger partial charge in [0.15, 0.2) is 0 Å². The van der Waals surface area contributed by atoms with Gasteiger partial charge in [-0.1, -0.05) is 12.5 Å². The minimum absolute atomic E-state index is 0.0539. The van der Waals surface area contributed by atoms with Crippen LogP contribution >= 0.6 is 0 Å². The Morgan fingerprint density at radius 2 is 2.14 bits per heavy atom. The van der Waals surface area contributed by atoms with Gasteiger partial charge in [-0.05, 0) is 37.8 Å². The minimum atomic E-state index is -0.0539. The fourth-order valence-electron chi connectivity index (χ4n) is 4.21. The first-order valence-corrected chi connectivity index (χ1v) is 8.07. The molecule has 3 heterocycles. The number of carbonyl (C=O) groups excluding carboxylic acids is 1.